The summed E-state index contributed by atoms with van der Waals surface area (Å²) in [6.07, 6.45) is 9.37. The molecule has 8 heteroatoms. The molecule has 0 radical (unpaired) electrons. The zero-order valence-corrected chi connectivity index (χ0v) is 16.5. The SMILES string of the molecule is O=C1CCC2(CCN(S(=O)(=O)c3cccnc3)CC2)CN1Cc1cccnc1. The Balaban J connectivity index is 1.44. The topological polar surface area (TPSA) is 83.5 Å². The number of hydrogen-bond donors (Lipinski definition) is 0. The van der Waals surface area contributed by atoms with Gasteiger partial charge in [0.15, 0.2) is 0 Å². The van der Waals surface area contributed by atoms with Gasteiger partial charge >= 0.3 is 0 Å². The maximum Gasteiger partial charge on any atom is 0.244 e. The Labute approximate surface area is 165 Å². The number of rotatable bonds is 4. The van der Waals surface area contributed by atoms with Crippen molar-refractivity contribution < 1.29 is 13.2 Å². The minimum absolute atomic E-state index is 0.00290. The lowest BCUT2D eigenvalue weighted by Crippen LogP contribution is -2.52. The molecule has 28 heavy (non-hydrogen) atoms. The van der Waals surface area contributed by atoms with Gasteiger partial charge in [-0.3, -0.25) is 14.8 Å². The van der Waals surface area contributed by atoms with Crippen LogP contribution in [0.1, 0.15) is 31.2 Å². The molecule has 0 aliphatic carbocycles. The fourth-order valence-corrected chi connectivity index (χ4v) is 5.62. The van der Waals surface area contributed by atoms with Crippen LogP contribution in [0, 0.1) is 5.41 Å². The summed E-state index contributed by atoms with van der Waals surface area (Å²) in [6, 6.07) is 7.08. The van der Waals surface area contributed by atoms with Crippen molar-refractivity contribution >= 4 is 15.9 Å². The Morgan fingerprint density at radius 3 is 2.36 bits per heavy atom. The first-order valence-corrected chi connectivity index (χ1v) is 11.0. The molecule has 4 rings (SSSR count). The van der Waals surface area contributed by atoms with Crippen LogP contribution in [0.4, 0.5) is 0 Å². The Bertz CT molecular complexity index is 926. The number of amides is 1. The zero-order valence-electron chi connectivity index (χ0n) is 15.7. The highest BCUT2D eigenvalue weighted by Gasteiger charge is 2.43. The summed E-state index contributed by atoms with van der Waals surface area (Å²) in [5, 5.41) is 0. The predicted octanol–water partition coefficient (Wildman–Crippen LogP) is 2.07. The van der Waals surface area contributed by atoms with Crippen LogP contribution in [0.3, 0.4) is 0 Å². The predicted molar refractivity (Wildman–Crippen MR) is 104 cm³/mol. The van der Waals surface area contributed by atoms with Gasteiger partial charge in [-0.25, -0.2) is 8.42 Å². The van der Waals surface area contributed by atoms with Crippen molar-refractivity contribution in [3.63, 3.8) is 0 Å². The quantitative estimate of drug-likeness (QED) is 0.785. The highest BCUT2D eigenvalue weighted by Crippen LogP contribution is 2.41. The molecule has 0 aromatic carbocycles. The van der Waals surface area contributed by atoms with Crippen LogP contribution in [0.2, 0.25) is 0 Å². The first-order valence-electron chi connectivity index (χ1n) is 9.55. The van der Waals surface area contributed by atoms with Gasteiger partial charge in [-0.15, -0.1) is 0 Å². The molecule has 0 saturated carbocycles. The number of nitrogens with zero attached hydrogens (tertiary/aromatic N) is 4. The van der Waals surface area contributed by atoms with Crippen molar-refractivity contribution in [3.05, 3.63) is 54.6 Å². The lowest BCUT2D eigenvalue weighted by molar-refractivity contribution is -0.139. The van der Waals surface area contributed by atoms with E-state index in [2.05, 4.69) is 9.97 Å². The summed E-state index contributed by atoms with van der Waals surface area (Å²) >= 11 is 0. The molecule has 2 aromatic heterocycles. The van der Waals surface area contributed by atoms with Crippen LogP contribution in [0.15, 0.2) is 53.9 Å². The van der Waals surface area contributed by atoms with E-state index < -0.39 is 10.0 Å². The number of sulfonamides is 1. The van der Waals surface area contributed by atoms with Gasteiger partial charge in [-0.1, -0.05) is 6.07 Å². The fourth-order valence-electron chi connectivity index (χ4n) is 4.22. The third-order valence-corrected chi connectivity index (χ3v) is 7.78. The van der Waals surface area contributed by atoms with Crippen LogP contribution >= 0.6 is 0 Å². The average Bonchev–Trinajstić information content (AvgIpc) is 2.73. The second-order valence-electron chi connectivity index (χ2n) is 7.70. The molecule has 0 N–H and O–H groups in total. The van der Waals surface area contributed by atoms with Gasteiger partial charge in [-0.05, 0) is 48.4 Å². The first-order chi connectivity index (χ1) is 13.5. The average molecular weight is 401 g/mol. The monoisotopic (exact) mass is 400 g/mol. The zero-order chi connectivity index (χ0) is 19.6. The number of carbonyl (C=O) groups excluding carboxylic acids is 1. The van der Waals surface area contributed by atoms with E-state index in [9.17, 15) is 13.2 Å². The van der Waals surface area contributed by atoms with E-state index in [1.54, 1.807) is 35.0 Å². The van der Waals surface area contributed by atoms with Crippen LogP contribution in [0.25, 0.3) is 0 Å². The highest BCUT2D eigenvalue weighted by atomic mass is 32.2. The van der Waals surface area contributed by atoms with Gasteiger partial charge in [0.2, 0.25) is 15.9 Å². The van der Waals surface area contributed by atoms with Crippen LogP contribution < -0.4 is 0 Å². The number of carbonyl (C=O) groups is 1. The summed E-state index contributed by atoms with van der Waals surface area (Å²) in [4.78, 5) is 22.6. The molecule has 1 amide bonds. The largest absolute Gasteiger partial charge is 0.338 e. The molecule has 0 atom stereocenters. The van der Waals surface area contributed by atoms with E-state index in [1.807, 2.05) is 17.0 Å². The van der Waals surface area contributed by atoms with Crippen molar-refractivity contribution in [2.24, 2.45) is 5.41 Å². The number of piperidine rings is 2. The van der Waals surface area contributed by atoms with Crippen LogP contribution in [0.5, 0.6) is 0 Å². The number of likely N-dealkylation sites (tertiary alicyclic amines) is 1. The lowest BCUT2D eigenvalue weighted by Gasteiger charge is -2.47. The number of aromatic nitrogens is 2. The van der Waals surface area contributed by atoms with Crippen molar-refractivity contribution in [2.45, 2.75) is 37.1 Å². The van der Waals surface area contributed by atoms with E-state index >= 15 is 0 Å². The minimum atomic E-state index is -3.51. The number of hydrogen-bond acceptors (Lipinski definition) is 5. The fraction of sp³-hybridized carbons (Fsp3) is 0.450. The second kappa shape index (κ2) is 7.60. The van der Waals surface area contributed by atoms with E-state index in [0.29, 0.717) is 32.6 Å². The Morgan fingerprint density at radius 2 is 1.71 bits per heavy atom. The molecule has 2 aliphatic heterocycles. The minimum Gasteiger partial charge on any atom is -0.338 e. The van der Waals surface area contributed by atoms with Crippen molar-refractivity contribution in [1.29, 1.82) is 0 Å². The van der Waals surface area contributed by atoms with Gasteiger partial charge in [0.25, 0.3) is 0 Å². The standard InChI is InChI=1S/C20H24N4O3S/c25-19-5-6-20(16-23(19)15-17-3-1-9-21-13-17)7-11-24(12-8-20)28(26,27)18-4-2-10-22-14-18/h1-4,9-10,13-14H,5-8,11-12,15-16H2. The molecule has 0 bridgehead atoms. The second-order valence-corrected chi connectivity index (χ2v) is 9.64. The number of pyridine rings is 2. The van der Waals surface area contributed by atoms with Gasteiger partial charge < -0.3 is 4.90 Å². The molecular weight excluding hydrogens is 376 g/mol. The highest BCUT2D eigenvalue weighted by molar-refractivity contribution is 7.89. The molecule has 2 fully saturated rings. The summed E-state index contributed by atoms with van der Waals surface area (Å²) in [7, 11) is -3.51. The Hall–Kier alpha value is -2.32. The molecule has 0 unspecified atom stereocenters. The van der Waals surface area contributed by atoms with E-state index in [1.165, 1.54) is 6.20 Å². The maximum atomic E-state index is 12.8. The van der Waals surface area contributed by atoms with E-state index in [4.69, 9.17) is 0 Å². The van der Waals surface area contributed by atoms with E-state index in [-0.39, 0.29) is 16.2 Å². The van der Waals surface area contributed by atoms with Gasteiger partial charge in [0.05, 0.1) is 0 Å². The van der Waals surface area contributed by atoms with Crippen molar-refractivity contribution in [2.75, 3.05) is 19.6 Å². The maximum absolute atomic E-state index is 12.8. The Kier molecular flexibility index (Phi) is 5.16. The molecule has 1 spiro atoms. The molecule has 2 aromatic rings. The molecule has 4 heterocycles. The first kappa shape index (κ1) is 19.0. The van der Waals surface area contributed by atoms with Gasteiger partial charge in [0, 0.05) is 57.4 Å². The smallest absolute Gasteiger partial charge is 0.244 e. The molecule has 2 saturated heterocycles. The molecule has 2 aliphatic rings. The Morgan fingerprint density at radius 1 is 1.00 bits per heavy atom. The van der Waals surface area contributed by atoms with Gasteiger partial charge in [-0.2, -0.15) is 4.31 Å². The third kappa shape index (κ3) is 3.79. The van der Waals surface area contributed by atoms with Crippen LogP contribution in [-0.4, -0.2) is 53.1 Å². The summed E-state index contributed by atoms with van der Waals surface area (Å²) in [6.45, 7) is 2.20. The summed E-state index contributed by atoms with van der Waals surface area (Å²) in [5.74, 6) is 0.167. The molecule has 148 valence electrons. The van der Waals surface area contributed by atoms with E-state index in [0.717, 1.165) is 24.8 Å². The molecule has 7 nitrogen and oxygen atoms in total. The van der Waals surface area contributed by atoms with Gasteiger partial charge in [0.1, 0.15) is 4.90 Å². The summed E-state index contributed by atoms with van der Waals surface area (Å²) in [5.41, 5.74) is 1.02. The normalized spacial score (nSPS) is 20.4. The van der Waals surface area contributed by atoms with Crippen molar-refractivity contribution in [3.8, 4) is 0 Å². The van der Waals surface area contributed by atoms with Crippen LogP contribution in [-0.2, 0) is 21.4 Å². The summed E-state index contributed by atoms with van der Waals surface area (Å²) < 4.78 is 27.2. The lowest BCUT2D eigenvalue weighted by atomic mass is 9.72. The molecular formula is C20H24N4O3S. The van der Waals surface area contributed by atoms with Crippen molar-refractivity contribution in [1.82, 2.24) is 19.2 Å². The third-order valence-electron chi connectivity index (χ3n) is 5.90.